The molecule has 0 saturated heterocycles. The molecule has 0 heterocycles. The Morgan fingerprint density at radius 3 is 2.85 bits per heavy atom. The molecule has 1 aromatic rings. The van der Waals surface area contributed by atoms with E-state index < -0.39 is 0 Å². The minimum absolute atomic E-state index is 0.610. The summed E-state index contributed by atoms with van der Waals surface area (Å²) < 4.78 is 0. The number of benzene rings is 1. The molecule has 0 aromatic heterocycles. The van der Waals surface area contributed by atoms with Gasteiger partial charge in [-0.1, -0.05) is 11.6 Å². The lowest BCUT2D eigenvalue weighted by Crippen LogP contribution is -1.78. The van der Waals surface area contributed by atoms with Crippen LogP contribution in [0.1, 0.15) is 5.56 Å². The van der Waals surface area contributed by atoms with E-state index in [9.17, 15) is 0 Å². The van der Waals surface area contributed by atoms with Gasteiger partial charge in [-0.15, -0.1) is 11.8 Å². The second kappa shape index (κ2) is 5.43. The van der Waals surface area contributed by atoms with Gasteiger partial charge in [-0.05, 0) is 24.5 Å². The van der Waals surface area contributed by atoms with Crippen molar-refractivity contribution in [3.63, 3.8) is 0 Å². The van der Waals surface area contributed by atoms with E-state index in [1.165, 1.54) is 0 Å². The second-order valence-electron chi connectivity index (χ2n) is 2.31. The minimum Gasteiger partial charge on any atom is -0.192 e. The smallest absolute Gasteiger partial charge is 0.0992 e. The summed E-state index contributed by atoms with van der Waals surface area (Å²) in [5.74, 6) is 0. The van der Waals surface area contributed by atoms with Gasteiger partial charge in [-0.25, -0.2) is 0 Å². The summed E-state index contributed by atoms with van der Waals surface area (Å²) in [6, 6.07) is 7.43. The first-order valence-electron chi connectivity index (χ1n) is 3.59. The first-order chi connectivity index (χ1) is 6.27. The molecule has 0 aliphatic heterocycles. The Bertz CT molecular complexity index is 333. The van der Waals surface area contributed by atoms with E-state index >= 15 is 0 Å². The summed E-state index contributed by atoms with van der Waals surface area (Å²) in [5.41, 5.74) is 0.610. The van der Waals surface area contributed by atoms with E-state index in [4.69, 9.17) is 16.9 Å². The molecule has 0 aliphatic rings. The average Bonchev–Trinajstić information content (AvgIpc) is 2.16. The molecule has 13 heavy (non-hydrogen) atoms. The average molecular weight is 230 g/mol. The van der Waals surface area contributed by atoms with Gasteiger partial charge in [0.25, 0.3) is 0 Å². The van der Waals surface area contributed by atoms with Crippen molar-refractivity contribution in [1.29, 1.82) is 5.26 Å². The van der Waals surface area contributed by atoms with Crippen LogP contribution >= 0.6 is 35.1 Å². The maximum absolute atomic E-state index is 8.61. The van der Waals surface area contributed by atoms with Gasteiger partial charge in [0.2, 0.25) is 0 Å². The van der Waals surface area contributed by atoms with Crippen molar-refractivity contribution in [3.8, 4) is 6.07 Å². The van der Waals surface area contributed by atoms with Crippen LogP contribution in [0.4, 0.5) is 0 Å². The first kappa shape index (κ1) is 10.8. The highest BCUT2D eigenvalue weighted by atomic mass is 35.5. The first-order valence-corrected chi connectivity index (χ1v) is 6.35. The Balaban J connectivity index is 2.81. The third-order valence-electron chi connectivity index (χ3n) is 1.39. The lowest BCUT2D eigenvalue weighted by molar-refractivity contribution is 1.41. The summed E-state index contributed by atoms with van der Waals surface area (Å²) in [7, 11) is 0. The second-order valence-corrected chi connectivity index (χ2v) is 4.96. The monoisotopic (exact) mass is 229 g/mol. The highest BCUT2D eigenvalue weighted by Crippen LogP contribution is 2.29. The summed E-state index contributed by atoms with van der Waals surface area (Å²) in [4.78, 5) is 1.04. The third kappa shape index (κ3) is 3.15. The lowest BCUT2D eigenvalue weighted by Gasteiger charge is -2.01. The molecular weight excluding hydrogens is 222 g/mol. The zero-order valence-corrected chi connectivity index (χ0v) is 9.47. The molecule has 0 unspecified atom stereocenters. The maximum atomic E-state index is 8.61. The van der Waals surface area contributed by atoms with Crippen LogP contribution in [-0.2, 0) is 0 Å². The molecule has 1 nitrogen and oxygen atoms in total. The van der Waals surface area contributed by atoms with Crippen molar-refractivity contribution in [1.82, 2.24) is 0 Å². The largest absolute Gasteiger partial charge is 0.192 e. The van der Waals surface area contributed by atoms with E-state index in [2.05, 4.69) is 6.07 Å². The molecule has 0 fully saturated rings. The highest BCUT2D eigenvalue weighted by molar-refractivity contribution is 8.15. The number of hydrogen-bond acceptors (Lipinski definition) is 3. The van der Waals surface area contributed by atoms with Crippen LogP contribution in [0, 0.1) is 11.3 Å². The molecule has 0 amide bonds. The van der Waals surface area contributed by atoms with Crippen molar-refractivity contribution in [2.75, 3.05) is 11.3 Å². The summed E-state index contributed by atoms with van der Waals surface area (Å²) in [5, 5.41) is 10.3. The number of nitriles is 1. The van der Waals surface area contributed by atoms with Gasteiger partial charge in [-0.2, -0.15) is 17.0 Å². The normalized spacial score (nSPS) is 9.62. The van der Waals surface area contributed by atoms with Crippen molar-refractivity contribution >= 4 is 35.1 Å². The minimum atomic E-state index is 0.610. The van der Waals surface area contributed by atoms with Crippen LogP contribution in [0.2, 0.25) is 5.02 Å². The molecule has 0 N–H and O–H groups in total. The SMILES string of the molecule is CSCSc1ccc(C#N)cc1Cl. The standard InChI is InChI=1S/C9H8ClNS2/c1-12-6-13-9-3-2-7(5-11)4-8(9)10/h2-4H,6H2,1H3. The van der Waals surface area contributed by atoms with Crippen LogP contribution < -0.4 is 0 Å². The number of hydrogen-bond donors (Lipinski definition) is 0. The summed E-state index contributed by atoms with van der Waals surface area (Å²) >= 11 is 9.40. The van der Waals surface area contributed by atoms with Gasteiger partial charge in [0, 0.05) is 9.98 Å². The zero-order valence-electron chi connectivity index (χ0n) is 7.08. The molecule has 0 bridgehead atoms. The number of nitrogens with zero attached hydrogens (tertiary/aromatic N) is 1. The fourth-order valence-corrected chi connectivity index (χ4v) is 2.49. The number of thioether (sulfide) groups is 2. The molecule has 68 valence electrons. The number of halogens is 1. The lowest BCUT2D eigenvalue weighted by atomic mass is 10.2. The van der Waals surface area contributed by atoms with Gasteiger partial charge >= 0.3 is 0 Å². The van der Waals surface area contributed by atoms with Crippen LogP contribution in [-0.4, -0.2) is 11.3 Å². The Kier molecular flexibility index (Phi) is 4.51. The fraction of sp³-hybridized carbons (Fsp3) is 0.222. The van der Waals surface area contributed by atoms with Crippen molar-refractivity contribution in [2.45, 2.75) is 4.90 Å². The molecule has 4 heteroatoms. The Morgan fingerprint density at radius 1 is 1.54 bits per heavy atom. The Morgan fingerprint density at radius 2 is 2.31 bits per heavy atom. The predicted octanol–water partition coefficient (Wildman–Crippen LogP) is 3.62. The third-order valence-corrected chi connectivity index (χ3v) is 3.90. The zero-order chi connectivity index (χ0) is 9.68. The van der Waals surface area contributed by atoms with Crippen molar-refractivity contribution in [2.24, 2.45) is 0 Å². The fourth-order valence-electron chi connectivity index (χ4n) is 0.810. The van der Waals surface area contributed by atoms with Crippen LogP contribution in [0.5, 0.6) is 0 Å². The van der Waals surface area contributed by atoms with E-state index in [1.807, 2.05) is 12.3 Å². The molecule has 0 radical (unpaired) electrons. The molecule has 0 aliphatic carbocycles. The molecule has 0 atom stereocenters. The highest BCUT2D eigenvalue weighted by Gasteiger charge is 2.01. The van der Waals surface area contributed by atoms with E-state index in [0.717, 1.165) is 9.98 Å². The number of rotatable bonds is 3. The van der Waals surface area contributed by atoms with E-state index in [0.29, 0.717) is 10.6 Å². The van der Waals surface area contributed by atoms with Crippen LogP contribution in [0.25, 0.3) is 0 Å². The van der Waals surface area contributed by atoms with E-state index in [1.54, 1.807) is 35.7 Å². The van der Waals surface area contributed by atoms with Crippen molar-refractivity contribution in [3.05, 3.63) is 28.8 Å². The van der Waals surface area contributed by atoms with E-state index in [-0.39, 0.29) is 0 Å². The Hall–Kier alpha value is -0.300. The van der Waals surface area contributed by atoms with Gasteiger partial charge < -0.3 is 0 Å². The van der Waals surface area contributed by atoms with Gasteiger partial charge in [0.1, 0.15) is 0 Å². The van der Waals surface area contributed by atoms with Gasteiger partial charge in [-0.3, -0.25) is 0 Å². The predicted molar refractivity (Wildman–Crippen MR) is 60.4 cm³/mol. The van der Waals surface area contributed by atoms with Crippen LogP contribution in [0.3, 0.4) is 0 Å². The summed E-state index contributed by atoms with van der Waals surface area (Å²) in [6.45, 7) is 0. The van der Waals surface area contributed by atoms with Crippen LogP contribution in [0.15, 0.2) is 23.1 Å². The van der Waals surface area contributed by atoms with Gasteiger partial charge in [0.05, 0.1) is 16.7 Å². The summed E-state index contributed by atoms with van der Waals surface area (Å²) in [6.07, 6.45) is 2.05. The Labute approximate surface area is 91.5 Å². The topological polar surface area (TPSA) is 23.8 Å². The molecular formula is C9H8ClNS2. The molecule has 0 saturated carbocycles. The molecule has 1 rings (SSSR count). The molecule has 0 spiro atoms. The van der Waals surface area contributed by atoms with Gasteiger partial charge in [0.15, 0.2) is 0 Å². The maximum Gasteiger partial charge on any atom is 0.0992 e. The quantitative estimate of drug-likeness (QED) is 0.584. The molecule has 1 aromatic carbocycles. The van der Waals surface area contributed by atoms with Crippen molar-refractivity contribution < 1.29 is 0 Å².